The summed E-state index contributed by atoms with van der Waals surface area (Å²) in [6.45, 7) is 6.35. The van der Waals surface area contributed by atoms with Gasteiger partial charge in [-0.1, -0.05) is 25.1 Å². The minimum atomic E-state index is -0.471. The molecule has 0 aliphatic carbocycles. The van der Waals surface area contributed by atoms with E-state index in [2.05, 4.69) is 6.92 Å². The average molecular weight is 291 g/mol. The van der Waals surface area contributed by atoms with E-state index in [1.165, 1.54) is 0 Å². The van der Waals surface area contributed by atoms with Crippen molar-refractivity contribution in [2.75, 3.05) is 26.8 Å². The molecular weight excluding hydrogens is 266 g/mol. The number of nitrogens with zero attached hydrogens (tertiary/aromatic N) is 1. The molecule has 1 aliphatic rings. The summed E-state index contributed by atoms with van der Waals surface area (Å²) >= 11 is 0. The molecule has 1 saturated heterocycles. The van der Waals surface area contributed by atoms with E-state index in [4.69, 9.17) is 9.47 Å². The number of hydrogen-bond acceptors (Lipinski definition) is 3. The minimum Gasteiger partial charge on any atom is -0.481 e. The predicted octanol–water partition coefficient (Wildman–Crippen LogP) is 2.73. The van der Waals surface area contributed by atoms with Crippen molar-refractivity contribution >= 4 is 5.91 Å². The highest BCUT2D eigenvalue weighted by Crippen LogP contribution is 2.30. The molecule has 1 heterocycles. The summed E-state index contributed by atoms with van der Waals surface area (Å²) < 4.78 is 11.1. The fourth-order valence-corrected chi connectivity index (χ4v) is 2.74. The predicted molar refractivity (Wildman–Crippen MR) is 82.3 cm³/mol. The highest BCUT2D eigenvalue weighted by Gasteiger charge is 2.31. The second-order valence-electron chi connectivity index (χ2n) is 6.19. The Balaban J connectivity index is 1.89. The Morgan fingerprint density at radius 3 is 2.57 bits per heavy atom. The number of carbonyl (C=O) groups excluding carboxylic acids is 1. The van der Waals surface area contributed by atoms with Crippen LogP contribution in [0.3, 0.4) is 0 Å². The van der Waals surface area contributed by atoms with Crippen molar-refractivity contribution in [2.24, 2.45) is 5.41 Å². The third-order valence-corrected chi connectivity index (χ3v) is 4.10. The van der Waals surface area contributed by atoms with E-state index in [1.807, 2.05) is 37.4 Å². The van der Waals surface area contributed by atoms with Gasteiger partial charge in [0.25, 0.3) is 5.91 Å². The Hall–Kier alpha value is -1.55. The Morgan fingerprint density at radius 1 is 1.33 bits per heavy atom. The van der Waals surface area contributed by atoms with Crippen molar-refractivity contribution in [3.8, 4) is 5.75 Å². The maximum Gasteiger partial charge on any atom is 0.263 e. The molecule has 0 unspecified atom stereocenters. The molecule has 0 aromatic heterocycles. The molecule has 0 radical (unpaired) electrons. The fraction of sp³-hybridized carbons (Fsp3) is 0.588. The molecular formula is C17H25NO3. The number of benzene rings is 1. The van der Waals surface area contributed by atoms with Crippen molar-refractivity contribution in [3.05, 3.63) is 30.3 Å². The summed E-state index contributed by atoms with van der Waals surface area (Å²) in [4.78, 5) is 14.2. The molecule has 1 aliphatic heterocycles. The van der Waals surface area contributed by atoms with Gasteiger partial charge in [0.1, 0.15) is 5.75 Å². The third-order valence-electron chi connectivity index (χ3n) is 4.10. The number of amides is 1. The van der Waals surface area contributed by atoms with Crippen molar-refractivity contribution in [1.82, 2.24) is 4.90 Å². The molecule has 116 valence electrons. The monoisotopic (exact) mass is 291 g/mol. The maximum absolute atomic E-state index is 12.4. The summed E-state index contributed by atoms with van der Waals surface area (Å²) in [6, 6.07) is 9.46. The van der Waals surface area contributed by atoms with Gasteiger partial charge in [-0.05, 0) is 37.3 Å². The Kier molecular flexibility index (Phi) is 5.23. The van der Waals surface area contributed by atoms with Crippen LogP contribution in [0.25, 0.3) is 0 Å². The fourth-order valence-electron chi connectivity index (χ4n) is 2.74. The number of para-hydroxylation sites is 1. The topological polar surface area (TPSA) is 38.8 Å². The smallest absolute Gasteiger partial charge is 0.263 e. The number of hydrogen-bond donors (Lipinski definition) is 0. The van der Waals surface area contributed by atoms with Gasteiger partial charge >= 0.3 is 0 Å². The second-order valence-corrected chi connectivity index (χ2v) is 6.19. The Bertz CT molecular complexity index is 454. The molecule has 1 fully saturated rings. The van der Waals surface area contributed by atoms with Gasteiger partial charge < -0.3 is 14.4 Å². The largest absolute Gasteiger partial charge is 0.481 e. The van der Waals surface area contributed by atoms with Crippen LogP contribution in [0.2, 0.25) is 0 Å². The van der Waals surface area contributed by atoms with Gasteiger partial charge in [0.15, 0.2) is 6.10 Å². The van der Waals surface area contributed by atoms with Crippen LogP contribution in [0.1, 0.15) is 26.7 Å². The molecule has 1 aromatic carbocycles. The van der Waals surface area contributed by atoms with Crippen LogP contribution < -0.4 is 4.74 Å². The highest BCUT2D eigenvalue weighted by molar-refractivity contribution is 5.80. The van der Waals surface area contributed by atoms with E-state index < -0.39 is 6.10 Å². The summed E-state index contributed by atoms with van der Waals surface area (Å²) in [6.07, 6.45) is 1.53. The third kappa shape index (κ3) is 4.46. The molecule has 4 heteroatoms. The van der Waals surface area contributed by atoms with E-state index in [0.717, 1.165) is 38.3 Å². The lowest BCUT2D eigenvalue weighted by Crippen LogP contribution is -2.45. The zero-order valence-electron chi connectivity index (χ0n) is 13.2. The first-order valence-corrected chi connectivity index (χ1v) is 7.55. The lowest BCUT2D eigenvalue weighted by atomic mass is 9.82. The average Bonchev–Trinajstić information content (AvgIpc) is 2.47. The van der Waals surface area contributed by atoms with Crippen molar-refractivity contribution in [1.29, 1.82) is 0 Å². The van der Waals surface area contributed by atoms with Crippen LogP contribution in [-0.2, 0) is 9.53 Å². The molecule has 1 atom stereocenters. The van der Waals surface area contributed by atoms with Crippen LogP contribution in [0.15, 0.2) is 30.3 Å². The molecule has 0 saturated carbocycles. The minimum absolute atomic E-state index is 0.0200. The van der Waals surface area contributed by atoms with Gasteiger partial charge in [-0.15, -0.1) is 0 Å². The first kappa shape index (κ1) is 15.8. The number of carbonyl (C=O) groups is 1. The van der Waals surface area contributed by atoms with Crippen LogP contribution in [0.5, 0.6) is 5.75 Å². The van der Waals surface area contributed by atoms with Crippen LogP contribution in [0.4, 0.5) is 0 Å². The first-order chi connectivity index (χ1) is 10.0. The van der Waals surface area contributed by atoms with Crippen molar-refractivity contribution < 1.29 is 14.3 Å². The zero-order valence-corrected chi connectivity index (χ0v) is 13.2. The molecule has 0 spiro atoms. The Morgan fingerprint density at radius 2 is 1.95 bits per heavy atom. The molecule has 4 nitrogen and oxygen atoms in total. The van der Waals surface area contributed by atoms with Gasteiger partial charge in [0, 0.05) is 26.8 Å². The van der Waals surface area contributed by atoms with Crippen LogP contribution >= 0.6 is 0 Å². The van der Waals surface area contributed by atoms with E-state index in [0.29, 0.717) is 0 Å². The zero-order chi connectivity index (χ0) is 15.3. The van der Waals surface area contributed by atoms with E-state index >= 15 is 0 Å². The summed E-state index contributed by atoms with van der Waals surface area (Å²) in [5.74, 6) is 0.746. The summed E-state index contributed by atoms with van der Waals surface area (Å²) in [5, 5.41) is 0. The summed E-state index contributed by atoms with van der Waals surface area (Å²) in [5.41, 5.74) is 0.148. The van der Waals surface area contributed by atoms with Crippen LogP contribution in [0, 0.1) is 5.41 Å². The number of rotatable bonds is 5. The van der Waals surface area contributed by atoms with Gasteiger partial charge in [0.05, 0.1) is 0 Å². The van der Waals surface area contributed by atoms with Crippen molar-refractivity contribution in [3.63, 3.8) is 0 Å². The number of ether oxygens (including phenoxy) is 2. The van der Waals surface area contributed by atoms with Gasteiger partial charge in [-0.25, -0.2) is 0 Å². The molecule has 0 bridgehead atoms. The molecule has 1 amide bonds. The normalized spacial score (nSPS) is 18.8. The lowest BCUT2D eigenvalue weighted by Gasteiger charge is -2.37. The number of likely N-dealkylation sites (N-methyl/N-ethyl adjacent to an activating group) is 1. The second kappa shape index (κ2) is 6.94. The van der Waals surface area contributed by atoms with Crippen molar-refractivity contribution in [2.45, 2.75) is 32.8 Å². The van der Waals surface area contributed by atoms with Gasteiger partial charge in [-0.2, -0.15) is 0 Å². The molecule has 0 N–H and O–H groups in total. The van der Waals surface area contributed by atoms with Gasteiger partial charge in [-0.3, -0.25) is 4.79 Å². The Labute approximate surface area is 127 Å². The molecule has 1 aromatic rings. The van der Waals surface area contributed by atoms with E-state index in [-0.39, 0.29) is 11.3 Å². The maximum atomic E-state index is 12.4. The molecule has 2 rings (SSSR count). The van der Waals surface area contributed by atoms with E-state index in [1.54, 1.807) is 11.8 Å². The van der Waals surface area contributed by atoms with Gasteiger partial charge in [0.2, 0.25) is 0 Å². The first-order valence-electron chi connectivity index (χ1n) is 7.55. The standard InChI is InChI=1S/C17H25NO3/c1-14(21-15-7-5-4-6-8-15)16(19)18(3)13-17(2)9-11-20-12-10-17/h4-8,14H,9-13H2,1-3H3/t14-/m1/s1. The SMILES string of the molecule is C[C@@H](Oc1ccccc1)C(=O)N(C)CC1(C)CCOCC1. The highest BCUT2D eigenvalue weighted by atomic mass is 16.5. The molecule has 21 heavy (non-hydrogen) atoms. The lowest BCUT2D eigenvalue weighted by molar-refractivity contribution is -0.138. The summed E-state index contributed by atoms with van der Waals surface area (Å²) in [7, 11) is 1.86. The van der Waals surface area contributed by atoms with Crippen LogP contribution in [-0.4, -0.2) is 43.7 Å². The van der Waals surface area contributed by atoms with E-state index in [9.17, 15) is 4.79 Å². The quantitative estimate of drug-likeness (QED) is 0.837.